The van der Waals surface area contributed by atoms with Gasteiger partial charge in [0.2, 0.25) is 0 Å². The largest absolute Gasteiger partial charge is 0.472 e. The summed E-state index contributed by atoms with van der Waals surface area (Å²) in [6.07, 6.45) is -19.8. The standard InChI is InChI=1S/C19H17F22O4PS2/c20-10(21,12(24,25)14(28,29)15(30,31)17(34,35)19(39,40)41)1-3-47-7-9(5-44-46(42,43)45-6-9)8-48-4-2-11(22,23)13(26,27)16(32,33)18(36,37)38/h1-8H2,(H,42,43). The second-order valence-corrected chi connectivity index (χ2v) is 13.6. The van der Waals surface area contributed by atoms with Gasteiger partial charge in [0.05, 0.1) is 13.2 Å². The first-order chi connectivity index (χ1) is 20.8. The Morgan fingerprint density at radius 1 is 0.500 bits per heavy atom. The molecule has 1 aliphatic rings. The molecule has 0 aromatic rings. The van der Waals surface area contributed by atoms with Crippen LogP contribution in [0.3, 0.4) is 0 Å². The normalized spacial score (nSPS) is 23.5. The first-order valence-electron chi connectivity index (χ1n) is 11.8. The summed E-state index contributed by atoms with van der Waals surface area (Å²) < 4.78 is 309. The zero-order valence-electron chi connectivity index (χ0n) is 22.4. The summed E-state index contributed by atoms with van der Waals surface area (Å²) in [4.78, 5) is 9.25. The van der Waals surface area contributed by atoms with Crippen molar-refractivity contribution in [3.63, 3.8) is 0 Å². The number of halogens is 22. The lowest BCUT2D eigenvalue weighted by atomic mass is 9.93. The Kier molecular flexibility index (Phi) is 12.9. The van der Waals surface area contributed by atoms with Gasteiger partial charge in [-0.25, -0.2) is 4.57 Å². The monoisotopic (exact) mass is 822 g/mol. The summed E-state index contributed by atoms with van der Waals surface area (Å²) in [6.45, 7) is -2.16. The van der Waals surface area contributed by atoms with Crippen molar-refractivity contribution in [3.05, 3.63) is 0 Å². The number of rotatable bonds is 16. The maximum Gasteiger partial charge on any atom is 0.472 e. The molecule has 288 valence electrons. The molecular weight excluding hydrogens is 805 g/mol. The van der Waals surface area contributed by atoms with Crippen LogP contribution in [-0.4, -0.2) is 101 Å². The van der Waals surface area contributed by atoms with Crippen LogP contribution in [0.1, 0.15) is 12.8 Å². The molecule has 0 aliphatic carbocycles. The van der Waals surface area contributed by atoms with Crippen molar-refractivity contribution in [3.8, 4) is 0 Å². The van der Waals surface area contributed by atoms with Crippen LogP contribution in [-0.2, 0) is 13.6 Å². The van der Waals surface area contributed by atoms with Crippen LogP contribution >= 0.6 is 31.3 Å². The quantitative estimate of drug-likeness (QED) is 0.0952. The van der Waals surface area contributed by atoms with E-state index in [0.29, 0.717) is 0 Å². The van der Waals surface area contributed by atoms with Gasteiger partial charge < -0.3 is 4.89 Å². The molecule has 1 N–H and O–H groups in total. The summed E-state index contributed by atoms with van der Waals surface area (Å²) in [6, 6.07) is 0. The lowest BCUT2D eigenvalue weighted by Crippen LogP contribution is -2.70. The van der Waals surface area contributed by atoms with Crippen molar-refractivity contribution in [2.24, 2.45) is 5.41 Å². The SMILES string of the molecule is O=P1(O)OCC(CSCCC(F)(F)C(F)(F)C(F)(F)C(F)(F)F)(CSCCC(F)(F)C(F)(F)C(F)(F)C(F)(F)C(F)(F)C(F)(F)F)CO1. The topological polar surface area (TPSA) is 55.8 Å². The van der Waals surface area contributed by atoms with Crippen molar-refractivity contribution >= 4 is 31.3 Å². The minimum absolute atomic E-state index is 0.000299. The third-order valence-electron chi connectivity index (χ3n) is 6.21. The molecule has 0 amide bonds. The van der Waals surface area contributed by atoms with E-state index >= 15 is 0 Å². The Hall–Kier alpha value is -0.730. The zero-order valence-corrected chi connectivity index (χ0v) is 24.9. The van der Waals surface area contributed by atoms with E-state index in [2.05, 4.69) is 9.05 Å². The van der Waals surface area contributed by atoms with Gasteiger partial charge in [-0.15, -0.1) is 0 Å². The molecule has 1 aliphatic heterocycles. The van der Waals surface area contributed by atoms with Crippen molar-refractivity contribution in [2.75, 3.05) is 36.2 Å². The molecule has 0 radical (unpaired) electrons. The van der Waals surface area contributed by atoms with Gasteiger partial charge in [-0.1, -0.05) is 0 Å². The summed E-state index contributed by atoms with van der Waals surface area (Å²) in [5, 5.41) is 0. The second-order valence-electron chi connectivity index (χ2n) is 9.97. The van der Waals surface area contributed by atoms with Crippen molar-refractivity contribution < 1.29 is 115 Å². The minimum atomic E-state index is -8.14. The molecule has 0 aromatic carbocycles. The average Bonchev–Trinajstić information content (AvgIpc) is 2.88. The van der Waals surface area contributed by atoms with E-state index in [9.17, 15) is 106 Å². The number of alkyl halides is 22. The van der Waals surface area contributed by atoms with Crippen LogP contribution in [0.25, 0.3) is 0 Å². The first kappa shape index (κ1) is 45.3. The molecule has 4 nitrogen and oxygen atoms in total. The third-order valence-corrected chi connectivity index (χ3v) is 9.74. The number of phosphoric acid groups is 1. The van der Waals surface area contributed by atoms with Gasteiger partial charge in [0.25, 0.3) is 0 Å². The Bertz CT molecular complexity index is 1150. The Morgan fingerprint density at radius 3 is 1.08 bits per heavy atom. The highest BCUT2D eigenvalue weighted by Crippen LogP contribution is 2.61. The Morgan fingerprint density at radius 2 is 0.771 bits per heavy atom. The summed E-state index contributed by atoms with van der Waals surface area (Å²) >= 11 is -0.107. The van der Waals surface area contributed by atoms with E-state index in [1.165, 1.54) is 0 Å². The van der Waals surface area contributed by atoms with Gasteiger partial charge in [0, 0.05) is 29.8 Å². The first-order valence-corrected chi connectivity index (χ1v) is 15.6. The minimum Gasteiger partial charge on any atom is -0.302 e. The fraction of sp³-hybridized carbons (Fsp3) is 1.00. The number of hydrogen-bond acceptors (Lipinski definition) is 5. The van der Waals surface area contributed by atoms with Gasteiger partial charge in [-0.05, 0) is 11.5 Å². The van der Waals surface area contributed by atoms with E-state index in [0.717, 1.165) is 0 Å². The predicted molar refractivity (Wildman–Crippen MR) is 120 cm³/mol. The molecule has 0 saturated carbocycles. The van der Waals surface area contributed by atoms with E-state index in [1.54, 1.807) is 0 Å². The Labute approximate surface area is 261 Å². The van der Waals surface area contributed by atoms with Crippen LogP contribution in [0.4, 0.5) is 96.6 Å². The van der Waals surface area contributed by atoms with E-state index in [-0.39, 0.29) is 23.5 Å². The smallest absolute Gasteiger partial charge is 0.302 e. The van der Waals surface area contributed by atoms with Gasteiger partial charge in [0.15, 0.2) is 0 Å². The van der Waals surface area contributed by atoms with Gasteiger partial charge in [-0.3, -0.25) is 9.05 Å². The highest BCUT2D eigenvalue weighted by molar-refractivity contribution is 8.00. The van der Waals surface area contributed by atoms with Gasteiger partial charge in [0.1, 0.15) is 0 Å². The molecule has 1 fully saturated rings. The highest BCUT2D eigenvalue weighted by Gasteiger charge is 2.90. The van der Waals surface area contributed by atoms with Crippen LogP contribution in [0, 0.1) is 5.41 Å². The summed E-state index contributed by atoms with van der Waals surface area (Å²) in [5.41, 5.74) is -1.97. The molecule has 1 heterocycles. The lowest BCUT2D eigenvalue weighted by molar-refractivity contribution is -0.439. The fourth-order valence-electron chi connectivity index (χ4n) is 3.23. The molecular formula is C19H17F22O4PS2. The van der Waals surface area contributed by atoms with E-state index in [4.69, 9.17) is 0 Å². The molecule has 29 heteroatoms. The second kappa shape index (κ2) is 13.7. The van der Waals surface area contributed by atoms with Crippen molar-refractivity contribution in [1.82, 2.24) is 0 Å². The lowest BCUT2D eigenvalue weighted by Gasteiger charge is -2.40. The molecule has 48 heavy (non-hydrogen) atoms. The number of thioether (sulfide) groups is 2. The highest BCUT2D eigenvalue weighted by atomic mass is 32.2. The molecule has 1 rings (SSSR count). The molecule has 0 spiro atoms. The van der Waals surface area contributed by atoms with E-state index < -0.39 is 122 Å². The summed E-state index contributed by atoms with van der Waals surface area (Å²) in [5.74, 6) is -63.3. The van der Waals surface area contributed by atoms with Gasteiger partial charge >= 0.3 is 67.6 Å². The molecule has 0 bridgehead atoms. The number of phosphoric ester groups is 1. The third kappa shape index (κ3) is 8.32. The fourth-order valence-corrected chi connectivity index (χ4v) is 6.80. The Balaban J connectivity index is 3.04. The maximum atomic E-state index is 14.0. The average molecular weight is 822 g/mol. The molecule has 0 aromatic heterocycles. The van der Waals surface area contributed by atoms with Crippen LogP contribution in [0.2, 0.25) is 0 Å². The molecule has 0 atom stereocenters. The number of hydrogen-bond donors (Lipinski definition) is 1. The van der Waals surface area contributed by atoms with E-state index in [1.807, 2.05) is 0 Å². The van der Waals surface area contributed by atoms with Crippen molar-refractivity contribution in [1.29, 1.82) is 0 Å². The zero-order chi connectivity index (χ0) is 38.5. The van der Waals surface area contributed by atoms with Crippen LogP contribution in [0.15, 0.2) is 0 Å². The van der Waals surface area contributed by atoms with Crippen LogP contribution in [0.5, 0.6) is 0 Å². The van der Waals surface area contributed by atoms with Crippen molar-refractivity contribution in [2.45, 2.75) is 72.6 Å². The maximum absolute atomic E-state index is 14.0. The summed E-state index contributed by atoms with van der Waals surface area (Å²) in [7, 11) is -4.88. The van der Waals surface area contributed by atoms with Crippen LogP contribution < -0.4 is 0 Å². The molecule has 0 unspecified atom stereocenters. The predicted octanol–water partition coefficient (Wildman–Crippen LogP) is 9.57. The van der Waals surface area contributed by atoms with Gasteiger partial charge in [-0.2, -0.15) is 120 Å². The molecule has 1 saturated heterocycles.